The molecule has 3 aromatic rings. The third-order valence-corrected chi connectivity index (χ3v) is 3.93. The van der Waals surface area contributed by atoms with Crippen molar-refractivity contribution in [3.8, 4) is 16.8 Å². The quantitative estimate of drug-likeness (QED) is 0.501. The van der Waals surface area contributed by atoms with Gasteiger partial charge >= 0.3 is 0 Å². The molecule has 1 aliphatic heterocycles. The van der Waals surface area contributed by atoms with Gasteiger partial charge in [0, 0.05) is 35.1 Å². The molecule has 0 atom stereocenters. The Hall–Kier alpha value is -2.61. The number of hydrogen-bond acceptors (Lipinski definition) is 1. The lowest BCUT2D eigenvalue weighted by Gasteiger charge is -2.03. The summed E-state index contributed by atoms with van der Waals surface area (Å²) in [7, 11) is 0. The summed E-state index contributed by atoms with van der Waals surface area (Å²) >= 11 is 0. The lowest BCUT2D eigenvalue weighted by molar-refractivity contribution is 0.112. The van der Waals surface area contributed by atoms with E-state index in [4.69, 9.17) is 0 Å². The van der Waals surface area contributed by atoms with Crippen LogP contribution in [0.2, 0.25) is 0 Å². The number of aldehydes is 1. The van der Waals surface area contributed by atoms with E-state index in [2.05, 4.69) is 34.9 Å². The molecule has 0 saturated carbocycles. The van der Waals surface area contributed by atoms with Crippen LogP contribution in [0.5, 0.6) is 0 Å². The van der Waals surface area contributed by atoms with E-state index >= 15 is 0 Å². The van der Waals surface area contributed by atoms with Gasteiger partial charge in [-0.2, -0.15) is 0 Å². The Morgan fingerprint density at radius 1 is 0.950 bits per heavy atom. The molecule has 1 aliphatic rings. The van der Waals surface area contributed by atoms with Crippen LogP contribution in [-0.4, -0.2) is 10.9 Å². The third-order valence-electron chi connectivity index (χ3n) is 3.93. The number of hydrogen-bond donors (Lipinski definition) is 0. The molecular formula is C18H13NO. The van der Waals surface area contributed by atoms with Gasteiger partial charge in [-0.15, -0.1) is 0 Å². The smallest absolute Gasteiger partial charge is 0.152 e. The second kappa shape index (κ2) is 4.20. The van der Waals surface area contributed by atoms with Crippen LogP contribution in [0.3, 0.4) is 0 Å². The van der Waals surface area contributed by atoms with E-state index in [9.17, 15) is 4.79 Å². The standard InChI is InChI=1S/C18H13NO/c20-12-15-11-19-16-9-5-4-8-14(16)10-17(19)18(15)13-6-2-1-3-7-13/h1-9,11-12H,10H2. The first kappa shape index (κ1) is 11.2. The Bertz CT molecular complexity index is 800. The highest BCUT2D eigenvalue weighted by Gasteiger charge is 2.24. The Kier molecular flexibility index (Phi) is 2.36. The minimum absolute atomic E-state index is 0.765. The molecule has 0 unspecified atom stereocenters. The summed E-state index contributed by atoms with van der Waals surface area (Å²) in [6.45, 7) is 0. The van der Waals surface area contributed by atoms with Crippen molar-refractivity contribution in [1.29, 1.82) is 0 Å². The first-order chi connectivity index (χ1) is 9.88. The highest BCUT2D eigenvalue weighted by atomic mass is 16.1. The fourth-order valence-corrected chi connectivity index (χ4v) is 3.06. The summed E-state index contributed by atoms with van der Waals surface area (Å²) in [4.78, 5) is 11.4. The molecule has 0 N–H and O–H groups in total. The Balaban J connectivity index is 1.99. The van der Waals surface area contributed by atoms with Crippen molar-refractivity contribution in [2.45, 2.75) is 6.42 Å². The lowest BCUT2D eigenvalue weighted by atomic mass is 9.99. The summed E-state index contributed by atoms with van der Waals surface area (Å²) in [6, 6.07) is 18.5. The maximum atomic E-state index is 11.4. The lowest BCUT2D eigenvalue weighted by Crippen LogP contribution is -1.89. The monoisotopic (exact) mass is 259 g/mol. The molecule has 0 amide bonds. The number of fused-ring (bicyclic) bond motifs is 3. The van der Waals surface area contributed by atoms with Crippen molar-refractivity contribution in [3.05, 3.63) is 77.6 Å². The molecule has 2 aromatic carbocycles. The van der Waals surface area contributed by atoms with Crippen LogP contribution >= 0.6 is 0 Å². The zero-order chi connectivity index (χ0) is 13.5. The number of carbonyl (C=O) groups is 1. The summed E-state index contributed by atoms with van der Waals surface area (Å²) in [5.74, 6) is 0. The normalized spacial score (nSPS) is 12.0. The fraction of sp³-hybridized carbons (Fsp3) is 0.0556. The van der Waals surface area contributed by atoms with Gasteiger partial charge in [-0.1, -0.05) is 48.5 Å². The second-order valence-electron chi connectivity index (χ2n) is 5.07. The van der Waals surface area contributed by atoms with E-state index in [0.29, 0.717) is 0 Å². The second-order valence-corrected chi connectivity index (χ2v) is 5.07. The average Bonchev–Trinajstić information content (AvgIpc) is 3.03. The van der Waals surface area contributed by atoms with Gasteiger partial charge in [-0.25, -0.2) is 0 Å². The molecule has 0 radical (unpaired) electrons. The number of carbonyl (C=O) groups excluding carboxylic acids is 1. The van der Waals surface area contributed by atoms with Gasteiger partial charge in [0.15, 0.2) is 6.29 Å². The number of nitrogens with zero attached hydrogens (tertiary/aromatic N) is 1. The summed E-state index contributed by atoms with van der Waals surface area (Å²) in [5, 5.41) is 0. The summed E-state index contributed by atoms with van der Waals surface area (Å²) < 4.78 is 2.15. The number of rotatable bonds is 2. The van der Waals surface area contributed by atoms with Crippen LogP contribution in [0, 0.1) is 0 Å². The van der Waals surface area contributed by atoms with Gasteiger partial charge in [0.1, 0.15) is 0 Å². The molecule has 4 rings (SSSR count). The van der Waals surface area contributed by atoms with Gasteiger partial charge in [-0.05, 0) is 17.2 Å². The average molecular weight is 259 g/mol. The van der Waals surface area contributed by atoms with Crippen molar-refractivity contribution in [1.82, 2.24) is 4.57 Å². The van der Waals surface area contributed by atoms with Gasteiger partial charge in [0.05, 0.1) is 0 Å². The maximum absolute atomic E-state index is 11.4. The fourth-order valence-electron chi connectivity index (χ4n) is 3.06. The van der Waals surface area contributed by atoms with Crippen LogP contribution < -0.4 is 0 Å². The molecular weight excluding hydrogens is 246 g/mol. The molecule has 2 heteroatoms. The van der Waals surface area contributed by atoms with E-state index in [1.807, 2.05) is 30.5 Å². The minimum Gasteiger partial charge on any atom is -0.319 e. The van der Waals surface area contributed by atoms with Crippen LogP contribution in [0.4, 0.5) is 0 Å². The highest BCUT2D eigenvalue weighted by Crippen LogP contribution is 2.37. The van der Waals surface area contributed by atoms with Crippen LogP contribution in [0.25, 0.3) is 16.8 Å². The van der Waals surface area contributed by atoms with Crippen LogP contribution in [0.1, 0.15) is 21.6 Å². The predicted molar refractivity (Wildman–Crippen MR) is 79.4 cm³/mol. The van der Waals surface area contributed by atoms with Crippen LogP contribution in [0.15, 0.2) is 60.8 Å². The van der Waals surface area contributed by atoms with Gasteiger partial charge in [-0.3, -0.25) is 4.79 Å². The molecule has 96 valence electrons. The Labute approximate surface area is 117 Å². The van der Waals surface area contributed by atoms with E-state index in [1.165, 1.54) is 16.9 Å². The maximum Gasteiger partial charge on any atom is 0.152 e. The zero-order valence-electron chi connectivity index (χ0n) is 10.9. The van der Waals surface area contributed by atoms with Crippen molar-refractivity contribution in [2.75, 3.05) is 0 Å². The summed E-state index contributed by atoms with van der Waals surface area (Å²) in [5.41, 5.74) is 6.65. The van der Waals surface area contributed by atoms with Crippen molar-refractivity contribution in [3.63, 3.8) is 0 Å². The van der Waals surface area contributed by atoms with E-state index in [1.54, 1.807) is 0 Å². The summed E-state index contributed by atoms with van der Waals surface area (Å²) in [6.07, 6.45) is 3.79. The molecule has 0 aliphatic carbocycles. The Morgan fingerprint density at radius 2 is 1.70 bits per heavy atom. The van der Waals surface area contributed by atoms with Gasteiger partial charge in [0.25, 0.3) is 0 Å². The molecule has 2 heterocycles. The molecule has 0 spiro atoms. The van der Waals surface area contributed by atoms with E-state index < -0.39 is 0 Å². The molecule has 0 fully saturated rings. The molecule has 2 nitrogen and oxygen atoms in total. The SMILES string of the molecule is O=Cc1cn2c(c1-c1ccccc1)Cc1ccccc1-2. The van der Waals surface area contributed by atoms with Gasteiger partial charge < -0.3 is 4.57 Å². The molecule has 1 aromatic heterocycles. The minimum atomic E-state index is 0.765. The molecule has 0 saturated heterocycles. The van der Waals surface area contributed by atoms with Crippen molar-refractivity contribution in [2.24, 2.45) is 0 Å². The highest BCUT2D eigenvalue weighted by molar-refractivity contribution is 5.90. The zero-order valence-corrected chi connectivity index (χ0v) is 10.9. The third kappa shape index (κ3) is 1.48. The topological polar surface area (TPSA) is 22.0 Å². The first-order valence-electron chi connectivity index (χ1n) is 6.71. The predicted octanol–water partition coefficient (Wildman–Crippen LogP) is 3.86. The van der Waals surface area contributed by atoms with Crippen LogP contribution in [-0.2, 0) is 6.42 Å². The molecule has 0 bridgehead atoms. The number of para-hydroxylation sites is 1. The number of benzene rings is 2. The van der Waals surface area contributed by atoms with Crippen molar-refractivity contribution < 1.29 is 4.79 Å². The van der Waals surface area contributed by atoms with Gasteiger partial charge in [0.2, 0.25) is 0 Å². The first-order valence-corrected chi connectivity index (χ1v) is 6.71. The Morgan fingerprint density at radius 3 is 2.50 bits per heavy atom. The van der Waals surface area contributed by atoms with E-state index in [0.717, 1.165) is 29.4 Å². The van der Waals surface area contributed by atoms with Crippen molar-refractivity contribution >= 4 is 6.29 Å². The largest absolute Gasteiger partial charge is 0.319 e. The van der Waals surface area contributed by atoms with E-state index in [-0.39, 0.29) is 0 Å². The molecule has 20 heavy (non-hydrogen) atoms. The number of aromatic nitrogens is 1.